The first-order valence-corrected chi connectivity index (χ1v) is 10.5. The van der Waals surface area contributed by atoms with Gasteiger partial charge in [-0.05, 0) is 67.6 Å². The Morgan fingerprint density at radius 2 is 1.17 bits per heavy atom. The van der Waals surface area contributed by atoms with Crippen LogP contribution in [0.5, 0.6) is 17.2 Å². The van der Waals surface area contributed by atoms with Gasteiger partial charge in [0.05, 0.1) is 0 Å². The van der Waals surface area contributed by atoms with E-state index in [1.165, 1.54) is 0 Å². The van der Waals surface area contributed by atoms with E-state index in [2.05, 4.69) is 19.7 Å². The number of rotatable bonds is 9. The maximum absolute atomic E-state index is 11.8. The zero-order chi connectivity index (χ0) is 25.4. The zero-order valence-electron chi connectivity index (χ0n) is 19.1. The molecule has 0 aromatic heterocycles. The van der Waals surface area contributed by atoms with Crippen molar-refractivity contribution in [2.75, 3.05) is 4.90 Å². The van der Waals surface area contributed by atoms with Crippen LogP contribution in [0, 0.1) is 0 Å². The second kappa shape index (κ2) is 11.3. The van der Waals surface area contributed by atoms with Crippen LogP contribution >= 0.6 is 0 Å². The molecule has 7 nitrogen and oxygen atoms in total. The molecule has 0 radical (unpaired) electrons. The van der Waals surface area contributed by atoms with E-state index in [0.717, 1.165) is 23.5 Å². The number of esters is 3. The number of hydrogen-bond donors (Lipinski definition) is 0. The van der Waals surface area contributed by atoms with Crippen molar-refractivity contribution in [3.05, 3.63) is 110 Å². The van der Waals surface area contributed by atoms with E-state index in [1.807, 2.05) is 11.0 Å². The van der Waals surface area contributed by atoms with E-state index in [4.69, 9.17) is 14.2 Å². The highest BCUT2D eigenvalue weighted by Gasteiger charge is 2.15. The molecule has 0 fully saturated rings. The summed E-state index contributed by atoms with van der Waals surface area (Å²) in [6.07, 6.45) is 2.16. The Kier molecular flexibility index (Phi) is 7.98. The van der Waals surface area contributed by atoms with Crippen LogP contribution in [0.1, 0.15) is 6.92 Å². The van der Waals surface area contributed by atoms with Crippen LogP contribution in [-0.4, -0.2) is 17.9 Å². The fraction of sp³-hybridized carbons (Fsp3) is 0.0357. The monoisotopic (exact) mass is 469 g/mol. The molecule has 0 saturated carbocycles. The third kappa shape index (κ3) is 6.55. The fourth-order valence-corrected chi connectivity index (χ4v) is 2.97. The van der Waals surface area contributed by atoms with Crippen molar-refractivity contribution in [3.63, 3.8) is 0 Å². The SMILES string of the molecule is C=CC(=O)Oc1ccc(N(c2ccc(OC(=O)C(=C)C)cc2)c2cccc(OC(=O)C=C)c2)cc1. The summed E-state index contributed by atoms with van der Waals surface area (Å²) in [7, 11) is 0. The molecule has 0 heterocycles. The topological polar surface area (TPSA) is 82.1 Å². The first-order valence-electron chi connectivity index (χ1n) is 10.5. The first-order chi connectivity index (χ1) is 16.8. The molecule has 0 aliphatic heterocycles. The number of carbonyl (C=O) groups is 3. The van der Waals surface area contributed by atoms with Crippen LogP contribution in [0.15, 0.2) is 110 Å². The lowest BCUT2D eigenvalue weighted by Gasteiger charge is -2.26. The van der Waals surface area contributed by atoms with Gasteiger partial charge in [0.15, 0.2) is 0 Å². The Bertz CT molecular complexity index is 1280. The number of ether oxygens (including phenoxy) is 3. The minimum Gasteiger partial charge on any atom is -0.423 e. The standard InChI is InChI=1S/C28H23NO6/c1-5-26(30)33-23-14-10-20(11-15-23)29(22-8-7-9-25(18-22)34-27(31)6-2)21-12-16-24(17-13-21)35-28(32)19(3)4/h5-18H,1-3H2,4H3. The Morgan fingerprint density at radius 1 is 0.686 bits per heavy atom. The summed E-state index contributed by atoms with van der Waals surface area (Å²) in [5.74, 6) is -0.606. The molecule has 0 N–H and O–H groups in total. The molecule has 35 heavy (non-hydrogen) atoms. The molecule has 0 saturated heterocycles. The Hall–Kier alpha value is -4.91. The Morgan fingerprint density at radius 3 is 1.66 bits per heavy atom. The summed E-state index contributed by atoms with van der Waals surface area (Å²) in [6.45, 7) is 12.0. The van der Waals surface area contributed by atoms with Crippen molar-refractivity contribution >= 4 is 35.0 Å². The van der Waals surface area contributed by atoms with Gasteiger partial charge in [-0.3, -0.25) is 0 Å². The summed E-state index contributed by atoms with van der Waals surface area (Å²) in [5.41, 5.74) is 2.42. The van der Waals surface area contributed by atoms with Crippen molar-refractivity contribution in [1.29, 1.82) is 0 Å². The number of nitrogens with zero attached hydrogens (tertiary/aromatic N) is 1. The predicted molar refractivity (Wildman–Crippen MR) is 133 cm³/mol. The molecule has 3 aromatic carbocycles. The van der Waals surface area contributed by atoms with Crippen LogP contribution in [0.4, 0.5) is 17.1 Å². The Labute approximate surface area is 203 Å². The lowest BCUT2D eigenvalue weighted by atomic mass is 10.1. The lowest BCUT2D eigenvalue weighted by molar-refractivity contribution is -0.130. The van der Waals surface area contributed by atoms with E-state index in [9.17, 15) is 14.4 Å². The molecular formula is C28H23NO6. The molecule has 0 atom stereocenters. The zero-order valence-corrected chi connectivity index (χ0v) is 19.1. The highest BCUT2D eigenvalue weighted by molar-refractivity contribution is 5.89. The van der Waals surface area contributed by atoms with Gasteiger partial charge < -0.3 is 19.1 Å². The van der Waals surface area contributed by atoms with Crippen LogP contribution in [0.3, 0.4) is 0 Å². The minimum atomic E-state index is -0.578. The molecule has 0 aliphatic rings. The molecule has 0 unspecified atom stereocenters. The number of carbonyl (C=O) groups excluding carboxylic acids is 3. The summed E-state index contributed by atoms with van der Waals surface area (Å²) in [4.78, 5) is 36.9. The van der Waals surface area contributed by atoms with Gasteiger partial charge in [0.2, 0.25) is 0 Å². The van der Waals surface area contributed by atoms with Gasteiger partial charge in [-0.2, -0.15) is 0 Å². The smallest absolute Gasteiger partial charge is 0.338 e. The highest BCUT2D eigenvalue weighted by atomic mass is 16.5. The molecule has 3 aromatic rings. The number of benzene rings is 3. The highest BCUT2D eigenvalue weighted by Crippen LogP contribution is 2.37. The maximum atomic E-state index is 11.8. The lowest BCUT2D eigenvalue weighted by Crippen LogP contribution is -2.12. The van der Waals surface area contributed by atoms with E-state index in [-0.39, 0.29) is 0 Å². The van der Waals surface area contributed by atoms with Gasteiger partial charge in [-0.15, -0.1) is 0 Å². The quantitative estimate of drug-likeness (QED) is 0.222. The molecule has 0 spiro atoms. The van der Waals surface area contributed by atoms with Gasteiger partial charge in [0.1, 0.15) is 17.2 Å². The van der Waals surface area contributed by atoms with Crippen LogP contribution in [0.2, 0.25) is 0 Å². The summed E-state index contributed by atoms with van der Waals surface area (Å²) in [5, 5.41) is 0. The average Bonchev–Trinajstić information content (AvgIpc) is 2.86. The van der Waals surface area contributed by atoms with E-state index < -0.39 is 17.9 Å². The Balaban J connectivity index is 2.00. The largest absolute Gasteiger partial charge is 0.423 e. The van der Waals surface area contributed by atoms with Crippen molar-refractivity contribution in [2.45, 2.75) is 6.92 Å². The fourth-order valence-electron chi connectivity index (χ4n) is 2.97. The molecular weight excluding hydrogens is 446 g/mol. The van der Waals surface area contributed by atoms with Crippen LogP contribution in [-0.2, 0) is 14.4 Å². The van der Waals surface area contributed by atoms with Crippen LogP contribution < -0.4 is 19.1 Å². The van der Waals surface area contributed by atoms with E-state index in [1.54, 1.807) is 73.7 Å². The van der Waals surface area contributed by atoms with Crippen molar-refractivity contribution < 1.29 is 28.6 Å². The van der Waals surface area contributed by atoms with Gasteiger partial charge in [0.25, 0.3) is 0 Å². The third-order valence-electron chi connectivity index (χ3n) is 4.59. The normalized spacial score (nSPS) is 9.97. The summed E-state index contributed by atoms with van der Waals surface area (Å²) in [6, 6.07) is 20.6. The molecule has 3 rings (SSSR count). The molecule has 0 aliphatic carbocycles. The third-order valence-corrected chi connectivity index (χ3v) is 4.59. The number of hydrogen-bond acceptors (Lipinski definition) is 7. The summed E-state index contributed by atoms with van der Waals surface area (Å²) < 4.78 is 15.7. The first kappa shape index (κ1) is 24.7. The summed E-state index contributed by atoms with van der Waals surface area (Å²) >= 11 is 0. The van der Waals surface area contributed by atoms with Gasteiger partial charge >= 0.3 is 17.9 Å². The van der Waals surface area contributed by atoms with Crippen molar-refractivity contribution in [1.82, 2.24) is 0 Å². The van der Waals surface area contributed by atoms with E-state index in [0.29, 0.717) is 28.5 Å². The second-order valence-corrected chi connectivity index (χ2v) is 7.24. The molecule has 176 valence electrons. The van der Waals surface area contributed by atoms with E-state index >= 15 is 0 Å². The van der Waals surface area contributed by atoms with Gasteiger partial charge in [-0.25, -0.2) is 14.4 Å². The van der Waals surface area contributed by atoms with Crippen molar-refractivity contribution in [3.8, 4) is 17.2 Å². The molecule has 7 heteroatoms. The minimum absolute atomic E-state index is 0.291. The molecule has 0 bridgehead atoms. The van der Waals surface area contributed by atoms with Crippen LogP contribution in [0.25, 0.3) is 0 Å². The average molecular weight is 469 g/mol. The van der Waals surface area contributed by atoms with Gasteiger partial charge in [-0.1, -0.05) is 25.8 Å². The predicted octanol–water partition coefficient (Wildman–Crippen LogP) is 5.82. The van der Waals surface area contributed by atoms with Crippen molar-refractivity contribution in [2.24, 2.45) is 0 Å². The maximum Gasteiger partial charge on any atom is 0.338 e. The van der Waals surface area contributed by atoms with Gasteiger partial charge in [0, 0.05) is 40.9 Å². The second-order valence-electron chi connectivity index (χ2n) is 7.24. The molecule has 0 amide bonds. The number of anilines is 3.